The number of nitrogens with zero attached hydrogens (tertiary/aromatic N) is 3. The number of rotatable bonds is 9. The van der Waals surface area contributed by atoms with Crippen LogP contribution in [0.4, 0.5) is 5.13 Å². The second kappa shape index (κ2) is 10.8. The van der Waals surface area contributed by atoms with Crippen LogP contribution in [0.5, 0.6) is 5.75 Å². The first-order chi connectivity index (χ1) is 16.5. The van der Waals surface area contributed by atoms with Gasteiger partial charge in [0, 0.05) is 11.5 Å². The summed E-state index contributed by atoms with van der Waals surface area (Å²) in [5.41, 5.74) is 0.149. The summed E-state index contributed by atoms with van der Waals surface area (Å²) in [6, 6.07) is 15.1. The maximum absolute atomic E-state index is 12.5. The van der Waals surface area contributed by atoms with Gasteiger partial charge in [0.1, 0.15) is 22.3 Å². The molecule has 3 rings (SSSR count). The van der Waals surface area contributed by atoms with Crippen molar-refractivity contribution in [2.24, 2.45) is 5.92 Å². The van der Waals surface area contributed by atoms with E-state index in [4.69, 9.17) is 4.18 Å². The topological polar surface area (TPSA) is 156 Å². The van der Waals surface area contributed by atoms with Crippen molar-refractivity contribution in [3.05, 3.63) is 65.7 Å². The Morgan fingerprint density at radius 2 is 1.77 bits per heavy atom. The van der Waals surface area contributed by atoms with Gasteiger partial charge in [-0.05, 0) is 41.8 Å². The molecule has 0 radical (unpaired) electrons. The second-order valence-corrected chi connectivity index (χ2v) is 11.8. The number of hydrogen-bond acceptors (Lipinski definition) is 10. The maximum Gasteiger partial charge on any atom is 0.339 e. The molecule has 1 heterocycles. The zero-order valence-electron chi connectivity index (χ0n) is 18.6. The molecule has 0 bridgehead atoms. The second-order valence-electron chi connectivity index (χ2n) is 7.60. The van der Waals surface area contributed by atoms with E-state index in [2.05, 4.69) is 14.7 Å². The highest BCUT2D eigenvalue weighted by Gasteiger charge is 2.23. The van der Waals surface area contributed by atoms with Crippen LogP contribution in [0.3, 0.4) is 0 Å². The predicted octanol–water partition coefficient (Wildman–Crippen LogP) is 3.28. The number of hydrogen-bond donors (Lipinski definition) is 1. The van der Waals surface area contributed by atoms with E-state index in [1.807, 2.05) is 0 Å². The molecule has 10 nitrogen and oxygen atoms in total. The quantitative estimate of drug-likeness (QED) is 0.248. The van der Waals surface area contributed by atoms with Gasteiger partial charge < -0.3 is 4.18 Å². The number of carbonyl (C=O) groups excluding carboxylic acids is 1. The minimum Gasteiger partial charge on any atom is -0.379 e. The van der Waals surface area contributed by atoms with Gasteiger partial charge in [-0.1, -0.05) is 44.2 Å². The Labute approximate surface area is 207 Å². The summed E-state index contributed by atoms with van der Waals surface area (Å²) in [7, 11) is -7.69. The standard InChI is InChI=1S/C22H20N4O6S3/c1-15(2)14-34(28,29)22-25-21(33-26-22)24-20(27)17(13-23)12-16-8-10-18(11-9-16)32-35(30,31)19-6-4-3-5-7-19/h3-12,15H,14H2,1-2H3,(H,24,25,26,27)/b17-12-. The van der Waals surface area contributed by atoms with Crippen molar-refractivity contribution in [1.29, 1.82) is 5.26 Å². The molecule has 0 spiro atoms. The van der Waals surface area contributed by atoms with E-state index >= 15 is 0 Å². The van der Waals surface area contributed by atoms with Crippen LogP contribution >= 0.6 is 11.5 Å². The van der Waals surface area contributed by atoms with Crippen LogP contribution < -0.4 is 9.50 Å². The van der Waals surface area contributed by atoms with E-state index in [1.165, 1.54) is 42.5 Å². The highest BCUT2D eigenvalue weighted by Crippen LogP contribution is 2.21. The average Bonchev–Trinajstić information content (AvgIpc) is 3.27. The number of amides is 1. The fourth-order valence-electron chi connectivity index (χ4n) is 2.76. The molecule has 3 aromatic rings. The number of aromatic nitrogens is 2. The van der Waals surface area contributed by atoms with E-state index in [9.17, 15) is 26.9 Å². The van der Waals surface area contributed by atoms with Crippen LogP contribution in [0.25, 0.3) is 6.08 Å². The summed E-state index contributed by atoms with van der Waals surface area (Å²) in [6.45, 7) is 3.49. The molecular weight excluding hydrogens is 512 g/mol. The van der Waals surface area contributed by atoms with Gasteiger partial charge in [-0.3, -0.25) is 10.1 Å². The fourth-order valence-corrected chi connectivity index (χ4v) is 6.06. The van der Waals surface area contributed by atoms with Gasteiger partial charge in [0.2, 0.25) is 15.0 Å². The zero-order valence-corrected chi connectivity index (χ0v) is 21.0. The summed E-state index contributed by atoms with van der Waals surface area (Å²) in [5.74, 6) is -1.00. The lowest BCUT2D eigenvalue weighted by molar-refractivity contribution is -0.112. The molecule has 0 aliphatic rings. The number of anilines is 1. The molecule has 0 aliphatic heterocycles. The van der Waals surface area contributed by atoms with Crippen LogP contribution in [0.15, 0.2) is 70.2 Å². The van der Waals surface area contributed by atoms with Gasteiger partial charge in [-0.15, -0.1) is 0 Å². The Balaban J connectivity index is 1.71. The van der Waals surface area contributed by atoms with E-state index in [1.54, 1.807) is 38.1 Å². The van der Waals surface area contributed by atoms with Crippen molar-refractivity contribution < 1.29 is 25.8 Å². The van der Waals surface area contributed by atoms with Crippen molar-refractivity contribution in [1.82, 2.24) is 9.36 Å². The summed E-state index contributed by atoms with van der Waals surface area (Å²) < 4.78 is 58.0. The molecule has 1 amide bonds. The molecule has 182 valence electrons. The predicted molar refractivity (Wildman–Crippen MR) is 130 cm³/mol. The van der Waals surface area contributed by atoms with E-state index in [-0.39, 0.29) is 38.2 Å². The van der Waals surface area contributed by atoms with Crippen molar-refractivity contribution in [3.63, 3.8) is 0 Å². The third-order valence-corrected chi connectivity index (χ3v) is 8.10. The summed E-state index contributed by atoms with van der Waals surface area (Å²) in [4.78, 5) is 16.3. The lowest BCUT2D eigenvalue weighted by atomic mass is 10.1. The van der Waals surface area contributed by atoms with Gasteiger partial charge in [0.25, 0.3) is 11.1 Å². The molecule has 35 heavy (non-hydrogen) atoms. The number of sulfone groups is 1. The van der Waals surface area contributed by atoms with Crippen LogP contribution in [-0.2, 0) is 24.7 Å². The SMILES string of the molecule is CC(C)CS(=O)(=O)c1nsc(NC(=O)/C(C#N)=C\c2ccc(OS(=O)(=O)c3ccccc3)cc2)n1. The van der Waals surface area contributed by atoms with Gasteiger partial charge >= 0.3 is 10.1 Å². The van der Waals surface area contributed by atoms with Crippen LogP contribution in [0, 0.1) is 17.2 Å². The van der Waals surface area contributed by atoms with Gasteiger partial charge in [0.15, 0.2) is 0 Å². The Hall–Kier alpha value is -3.60. The van der Waals surface area contributed by atoms with Crippen molar-refractivity contribution >= 4 is 48.6 Å². The highest BCUT2D eigenvalue weighted by molar-refractivity contribution is 7.91. The lowest BCUT2D eigenvalue weighted by Crippen LogP contribution is -2.15. The van der Waals surface area contributed by atoms with Crippen molar-refractivity contribution in [2.45, 2.75) is 23.9 Å². The number of benzene rings is 2. The van der Waals surface area contributed by atoms with Crippen LogP contribution in [0.2, 0.25) is 0 Å². The third kappa shape index (κ3) is 6.95. The molecule has 0 fully saturated rings. The van der Waals surface area contributed by atoms with E-state index < -0.39 is 25.9 Å². The number of carbonyl (C=O) groups is 1. The van der Waals surface area contributed by atoms with E-state index in [0.717, 1.165) is 0 Å². The first kappa shape index (κ1) is 26.0. The number of nitrogens with one attached hydrogen (secondary N) is 1. The van der Waals surface area contributed by atoms with Gasteiger partial charge in [-0.2, -0.15) is 23.0 Å². The minimum absolute atomic E-state index is 0.00394. The molecule has 2 aromatic carbocycles. The average molecular weight is 533 g/mol. The molecule has 0 unspecified atom stereocenters. The molecular formula is C22H20N4O6S3. The highest BCUT2D eigenvalue weighted by atomic mass is 32.2. The molecule has 13 heteroatoms. The maximum atomic E-state index is 12.5. The van der Waals surface area contributed by atoms with Gasteiger partial charge in [-0.25, -0.2) is 8.42 Å². The van der Waals surface area contributed by atoms with Crippen LogP contribution in [-0.4, -0.2) is 37.9 Å². The fraction of sp³-hybridized carbons (Fsp3) is 0.182. The summed E-state index contributed by atoms with van der Waals surface area (Å²) in [5, 5.41) is 11.3. The third-order valence-electron chi connectivity index (χ3n) is 4.25. The van der Waals surface area contributed by atoms with Crippen molar-refractivity contribution in [2.75, 3.05) is 11.1 Å². The summed E-state index contributed by atoms with van der Waals surface area (Å²) in [6.07, 6.45) is 1.28. The molecule has 1 aromatic heterocycles. The summed E-state index contributed by atoms with van der Waals surface area (Å²) >= 11 is 0.689. The molecule has 0 atom stereocenters. The Bertz CT molecular complexity index is 1490. The molecule has 0 saturated heterocycles. The Morgan fingerprint density at radius 1 is 1.11 bits per heavy atom. The molecule has 0 saturated carbocycles. The van der Waals surface area contributed by atoms with Crippen LogP contribution in [0.1, 0.15) is 19.4 Å². The molecule has 0 aliphatic carbocycles. The van der Waals surface area contributed by atoms with E-state index in [0.29, 0.717) is 17.1 Å². The first-order valence-electron chi connectivity index (χ1n) is 10.1. The monoisotopic (exact) mass is 532 g/mol. The number of nitriles is 1. The smallest absolute Gasteiger partial charge is 0.339 e. The normalized spacial score (nSPS) is 12.2. The largest absolute Gasteiger partial charge is 0.379 e. The Kier molecular flexibility index (Phi) is 8.00. The molecule has 1 N–H and O–H groups in total. The van der Waals surface area contributed by atoms with Gasteiger partial charge in [0.05, 0.1) is 5.75 Å². The zero-order chi connectivity index (χ0) is 25.6. The first-order valence-corrected chi connectivity index (χ1v) is 13.9. The Morgan fingerprint density at radius 3 is 2.37 bits per heavy atom. The lowest BCUT2D eigenvalue weighted by Gasteiger charge is -2.07. The minimum atomic E-state index is -4.00. The van der Waals surface area contributed by atoms with Crippen molar-refractivity contribution in [3.8, 4) is 11.8 Å².